The first-order chi connectivity index (χ1) is 13.2. The Bertz CT molecular complexity index is 1010. The third kappa shape index (κ3) is 2.99. The molecule has 0 amide bonds. The second kappa shape index (κ2) is 6.32. The number of benzene rings is 1. The zero-order valence-corrected chi connectivity index (χ0v) is 17.3. The second-order valence-corrected chi connectivity index (χ2v) is 9.21. The predicted octanol–water partition coefficient (Wildman–Crippen LogP) is 4.75. The van der Waals surface area contributed by atoms with Gasteiger partial charge in [0.1, 0.15) is 11.8 Å². The van der Waals surface area contributed by atoms with Crippen molar-refractivity contribution in [2.75, 3.05) is 6.61 Å². The largest absolute Gasteiger partial charge is 0.461 e. The molecule has 2 unspecified atom stereocenters. The molecule has 4 rings (SSSR count). The number of hydrogen-bond acceptors (Lipinski definition) is 4. The smallest absolute Gasteiger partial charge is 0.356 e. The zero-order valence-electron chi connectivity index (χ0n) is 17.3. The van der Waals surface area contributed by atoms with Crippen molar-refractivity contribution in [3.8, 4) is 11.8 Å². The van der Waals surface area contributed by atoms with Crippen molar-refractivity contribution in [3.63, 3.8) is 0 Å². The Kier molecular flexibility index (Phi) is 4.28. The molecule has 1 saturated heterocycles. The van der Waals surface area contributed by atoms with Gasteiger partial charge in [0.2, 0.25) is 0 Å². The van der Waals surface area contributed by atoms with E-state index < -0.39 is 5.97 Å². The Labute approximate surface area is 166 Å². The predicted molar refractivity (Wildman–Crippen MR) is 109 cm³/mol. The van der Waals surface area contributed by atoms with Gasteiger partial charge in [0.25, 0.3) is 0 Å². The molecule has 4 nitrogen and oxygen atoms in total. The highest BCUT2D eigenvalue weighted by Crippen LogP contribution is 2.63. The standard InChI is InChI=1S/C24H27NO3/c1-6-27-20(26)19-14-18-13-16(7-8-17(18)15-25-19)9-10-24-21(28-24)22(2,3)11-12-23(24,4)5/h7-8,13-15,21H,6,11-12H2,1-5H3. The molecule has 28 heavy (non-hydrogen) atoms. The van der Waals surface area contributed by atoms with Gasteiger partial charge in [0.15, 0.2) is 5.60 Å². The van der Waals surface area contributed by atoms with Gasteiger partial charge in [0, 0.05) is 22.6 Å². The molecule has 0 spiro atoms. The van der Waals surface area contributed by atoms with Crippen molar-refractivity contribution in [3.05, 3.63) is 41.7 Å². The number of hydrogen-bond donors (Lipinski definition) is 0. The summed E-state index contributed by atoms with van der Waals surface area (Å²) >= 11 is 0. The van der Waals surface area contributed by atoms with E-state index in [1.165, 1.54) is 0 Å². The van der Waals surface area contributed by atoms with Gasteiger partial charge in [0.05, 0.1) is 6.61 Å². The van der Waals surface area contributed by atoms with Gasteiger partial charge in [-0.05, 0) is 48.8 Å². The van der Waals surface area contributed by atoms with Crippen molar-refractivity contribution < 1.29 is 14.3 Å². The molecule has 2 heterocycles. The van der Waals surface area contributed by atoms with E-state index in [-0.39, 0.29) is 22.5 Å². The summed E-state index contributed by atoms with van der Waals surface area (Å²) in [7, 11) is 0. The summed E-state index contributed by atoms with van der Waals surface area (Å²) in [6, 6.07) is 7.75. The molecule has 1 aromatic heterocycles. The van der Waals surface area contributed by atoms with Crippen LogP contribution in [0.25, 0.3) is 10.8 Å². The Morgan fingerprint density at radius 1 is 1.21 bits per heavy atom. The summed E-state index contributed by atoms with van der Waals surface area (Å²) in [5.41, 5.74) is 1.07. The number of epoxide rings is 1. The van der Waals surface area contributed by atoms with E-state index in [9.17, 15) is 4.79 Å². The number of nitrogens with zero attached hydrogens (tertiary/aromatic N) is 1. The molecule has 1 aliphatic carbocycles. The van der Waals surface area contributed by atoms with E-state index in [2.05, 4.69) is 44.5 Å². The van der Waals surface area contributed by atoms with Crippen LogP contribution in [0.4, 0.5) is 0 Å². The van der Waals surface area contributed by atoms with Gasteiger partial charge in [-0.2, -0.15) is 0 Å². The normalized spacial score (nSPS) is 26.7. The van der Waals surface area contributed by atoms with E-state index in [1.807, 2.05) is 18.2 Å². The van der Waals surface area contributed by atoms with Crippen LogP contribution in [0.15, 0.2) is 30.5 Å². The number of carbonyl (C=O) groups excluding carboxylic acids is 1. The SMILES string of the molecule is CCOC(=O)c1cc2cc(C#CC34OC3C(C)(C)CCC4(C)C)ccc2cn1. The average Bonchev–Trinajstić information content (AvgIpc) is 3.42. The lowest BCUT2D eigenvalue weighted by atomic mass is 9.61. The summed E-state index contributed by atoms with van der Waals surface area (Å²) in [6.07, 6.45) is 4.16. The maximum Gasteiger partial charge on any atom is 0.356 e. The van der Waals surface area contributed by atoms with E-state index in [0.717, 1.165) is 29.2 Å². The average molecular weight is 377 g/mol. The highest BCUT2D eigenvalue weighted by Gasteiger charge is 2.71. The lowest BCUT2D eigenvalue weighted by Gasteiger charge is -2.39. The summed E-state index contributed by atoms with van der Waals surface area (Å²) in [6.45, 7) is 11.2. The molecule has 2 aliphatic rings. The number of fused-ring (bicyclic) bond motifs is 2. The van der Waals surface area contributed by atoms with Crippen molar-refractivity contribution in [1.29, 1.82) is 0 Å². The number of esters is 1. The lowest BCUT2D eigenvalue weighted by molar-refractivity contribution is 0.0519. The van der Waals surface area contributed by atoms with E-state index >= 15 is 0 Å². The molecule has 0 N–H and O–H groups in total. The maximum atomic E-state index is 12.0. The van der Waals surface area contributed by atoms with E-state index in [4.69, 9.17) is 9.47 Å². The molecular weight excluding hydrogens is 350 g/mol. The number of rotatable bonds is 2. The van der Waals surface area contributed by atoms with Crippen LogP contribution in [0, 0.1) is 22.7 Å². The first kappa shape index (κ1) is 19.0. The molecule has 0 radical (unpaired) electrons. The van der Waals surface area contributed by atoms with Crippen molar-refractivity contribution >= 4 is 16.7 Å². The third-order valence-corrected chi connectivity index (χ3v) is 6.32. The highest BCUT2D eigenvalue weighted by molar-refractivity contribution is 5.93. The second-order valence-electron chi connectivity index (χ2n) is 9.21. The molecule has 146 valence electrons. The third-order valence-electron chi connectivity index (χ3n) is 6.32. The van der Waals surface area contributed by atoms with Crippen LogP contribution in [0.3, 0.4) is 0 Å². The van der Waals surface area contributed by atoms with Crippen LogP contribution in [0.1, 0.15) is 63.5 Å². The molecule has 2 aromatic rings. The maximum absolute atomic E-state index is 12.0. The van der Waals surface area contributed by atoms with Gasteiger partial charge in [-0.1, -0.05) is 45.6 Å². The minimum Gasteiger partial charge on any atom is -0.461 e. The monoisotopic (exact) mass is 377 g/mol. The Morgan fingerprint density at radius 2 is 2.00 bits per heavy atom. The minimum atomic E-state index is -0.403. The van der Waals surface area contributed by atoms with E-state index in [0.29, 0.717) is 12.3 Å². The number of carbonyl (C=O) groups is 1. The fourth-order valence-electron chi connectivity index (χ4n) is 4.29. The van der Waals surface area contributed by atoms with Crippen LogP contribution < -0.4 is 0 Å². The van der Waals surface area contributed by atoms with E-state index in [1.54, 1.807) is 19.2 Å². The number of aromatic nitrogens is 1. The number of ether oxygens (including phenoxy) is 2. The molecule has 2 fully saturated rings. The van der Waals surface area contributed by atoms with Gasteiger partial charge < -0.3 is 9.47 Å². The zero-order chi connectivity index (χ0) is 20.2. The van der Waals surface area contributed by atoms with Crippen LogP contribution in [-0.2, 0) is 9.47 Å². The van der Waals surface area contributed by atoms with Gasteiger partial charge in [-0.3, -0.25) is 0 Å². The van der Waals surface area contributed by atoms with Crippen molar-refractivity contribution in [1.82, 2.24) is 4.98 Å². The van der Waals surface area contributed by atoms with Crippen LogP contribution in [0.2, 0.25) is 0 Å². The molecule has 1 saturated carbocycles. The summed E-state index contributed by atoms with van der Waals surface area (Å²) in [5, 5.41) is 1.90. The topological polar surface area (TPSA) is 51.7 Å². The summed E-state index contributed by atoms with van der Waals surface area (Å²) < 4.78 is 11.3. The van der Waals surface area contributed by atoms with Gasteiger partial charge in [-0.25, -0.2) is 9.78 Å². The summed E-state index contributed by atoms with van der Waals surface area (Å²) in [4.78, 5) is 16.2. The Morgan fingerprint density at radius 3 is 2.75 bits per heavy atom. The fourth-order valence-corrected chi connectivity index (χ4v) is 4.29. The number of pyridine rings is 1. The summed E-state index contributed by atoms with van der Waals surface area (Å²) in [5.74, 6) is 6.42. The first-order valence-electron chi connectivity index (χ1n) is 9.96. The Balaban J connectivity index is 1.67. The molecular formula is C24H27NO3. The Hall–Kier alpha value is -2.38. The minimum absolute atomic E-state index is 0.0397. The quantitative estimate of drug-likeness (QED) is 0.431. The molecule has 2 atom stereocenters. The molecule has 4 heteroatoms. The van der Waals surface area contributed by atoms with Crippen molar-refractivity contribution in [2.45, 2.75) is 59.2 Å². The van der Waals surface area contributed by atoms with Crippen molar-refractivity contribution in [2.24, 2.45) is 10.8 Å². The first-order valence-corrected chi connectivity index (χ1v) is 9.96. The fraction of sp³-hybridized carbons (Fsp3) is 0.500. The van der Waals surface area contributed by atoms with Gasteiger partial charge >= 0.3 is 5.97 Å². The highest BCUT2D eigenvalue weighted by atomic mass is 16.6. The molecule has 0 bridgehead atoms. The van der Waals surface area contributed by atoms with Gasteiger partial charge in [-0.15, -0.1) is 0 Å². The molecule has 1 aliphatic heterocycles. The molecule has 1 aromatic carbocycles. The lowest BCUT2D eigenvalue weighted by Crippen LogP contribution is -2.43. The van der Waals surface area contributed by atoms with Crippen LogP contribution >= 0.6 is 0 Å². The van der Waals surface area contributed by atoms with Crippen LogP contribution in [0.5, 0.6) is 0 Å². The van der Waals surface area contributed by atoms with Crippen LogP contribution in [-0.4, -0.2) is 29.3 Å².